The van der Waals surface area contributed by atoms with E-state index in [-0.39, 0.29) is 18.5 Å². The highest BCUT2D eigenvalue weighted by Crippen LogP contribution is 2.21. The maximum Gasteiger partial charge on any atom is 0.123 e. The lowest BCUT2D eigenvalue weighted by atomic mass is 10.1. The Labute approximate surface area is 158 Å². The number of benzene rings is 2. The minimum atomic E-state index is -0.589. The molecule has 1 N–H and O–H groups in total. The van der Waals surface area contributed by atoms with Crippen molar-refractivity contribution < 1.29 is 19.0 Å². The van der Waals surface area contributed by atoms with E-state index in [4.69, 9.17) is 21.1 Å². The van der Waals surface area contributed by atoms with Crippen LogP contribution in [0.4, 0.5) is 4.39 Å². The first kappa shape index (κ1) is 19.0. The van der Waals surface area contributed by atoms with Crippen molar-refractivity contribution in [3.63, 3.8) is 0 Å². The Bertz CT molecular complexity index is 672. The lowest BCUT2D eigenvalue weighted by Gasteiger charge is -2.33. The van der Waals surface area contributed by atoms with E-state index in [1.54, 1.807) is 12.1 Å². The Morgan fingerprint density at radius 3 is 2.31 bits per heavy atom. The molecule has 0 aromatic heterocycles. The topological polar surface area (TPSA) is 41.9 Å². The fourth-order valence-corrected chi connectivity index (χ4v) is 3.12. The molecule has 1 unspecified atom stereocenters. The van der Waals surface area contributed by atoms with Gasteiger partial charge in [-0.15, -0.1) is 0 Å². The predicted molar refractivity (Wildman–Crippen MR) is 99.4 cm³/mol. The summed E-state index contributed by atoms with van der Waals surface area (Å²) >= 11 is 5.88. The molecule has 1 atom stereocenters. The van der Waals surface area contributed by atoms with Gasteiger partial charge in [-0.3, -0.25) is 0 Å². The Morgan fingerprint density at radius 2 is 1.65 bits per heavy atom. The van der Waals surface area contributed by atoms with Crippen LogP contribution in [-0.4, -0.2) is 48.5 Å². The SMILES string of the molecule is OC(COc1ccc(F)cc1)CN1CCC(Oc2ccc(Cl)cc2)CC1. The van der Waals surface area contributed by atoms with Gasteiger partial charge in [-0.2, -0.15) is 0 Å². The first-order valence-electron chi connectivity index (χ1n) is 8.79. The van der Waals surface area contributed by atoms with Crippen molar-refractivity contribution in [2.75, 3.05) is 26.2 Å². The maximum absolute atomic E-state index is 12.9. The summed E-state index contributed by atoms with van der Waals surface area (Å²) in [5, 5.41) is 10.9. The molecule has 1 aliphatic rings. The predicted octanol–water partition coefficient (Wildman–Crippen LogP) is 3.76. The van der Waals surface area contributed by atoms with E-state index >= 15 is 0 Å². The summed E-state index contributed by atoms with van der Waals surface area (Å²) in [6.45, 7) is 2.47. The van der Waals surface area contributed by atoms with Crippen LogP contribution in [0.1, 0.15) is 12.8 Å². The number of aliphatic hydroxyl groups excluding tert-OH is 1. The van der Waals surface area contributed by atoms with Crippen molar-refractivity contribution in [2.45, 2.75) is 25.0 Å². The largest absolute Gasteiger partial charge is 0.491 e. The Balaban J connectivity index is 1.36. The number of β-amino-alcohol motifs (C(OH)–C–C–N with tert-alkyl or cyclic N) is 1. The quantitative estimate of drug-likeness (QED) is 0.795. The number of aliphatic hydroxyl groups is 1. The Hall–Kier alpha value is -1.82. The second-order valence-corrected chi connectivity index (χ2v) is 6.93. The van der Waals surface area contributed by atoms with E-state index in [0.717, 1.165) is 31.7 Å². The summed E-state index contributed by atoms with van der Waals surface area (Å²) in [6.07, 6.45) is 1.41. The molecule has 1 fully saturated rings. The first-order chi connectivity index (χ1) is 12.6. The lowest BCUT2D eigenvalue weighted by molar-refractivity contribution is 0.0401. The van der Waals surface area contributed by atoms with Gasteiger partial charge in [0.1, 0.15) is 36.1 Å². The number of rotatable bonds is 7. The van der Waals surface area contributed by atoms with E-state index in [9.17, 15) is 9.50 Å². The van der Waals surface area contributed by atoms with Gasteiger partial charge in [-0.05, 0) is 61.4 Å². The molecule has 26 heavy (non-hydrogen) atoms. The van der Waals surface area contributed by atoms with Crippen molar-refractivity contribution in [3.8, 4) is 11.5 Å². The number of nitrogens with zero attached hydrogens (tertiary/aromatic N) is 1. The van der Waals surface area contributed by atoms with Crippen LogP contribution in [0, 0.1) is 5.82 Å². The molecular formula is C20H23ClFNO3. The third-order valence-electron chi connectivity index (χ3n) is 4.38. The molecule has 1 saturated heterocycles. The van der Waals surface area contributed by atoms with Gasteiger partial charge < -0.3 is 19.5 Å². The van der Waals surface area contributed by atoms with Gasteiger partial charge in [0, 0.05) is 24.7 Å². The van der Waals surface area contributed by atoms with Crippen molar-refractivity contribution in [1.29, 1.82) is 0 Å². The molecule has 2 aromatic carbocycles. The molecule has 2 aromatic rings. The minimum Gasteiger partial charge on any atom is -0.491 e. The highest BCUT2D eigenvalue weighted by atomic mass is 35.5. The number of likely N-dealkylation sites (tertiary alicyclic amines) is 1. The molecule has 140 valence electrons. The van der Waals surface area contributed by atoms with Crippen LogP contribution in [0.3, 0.4) is 0 Å². The normalized spacial score (nSPS) is 17.0. The number of halogens is 2. The minimum absolute atomic E-state index is 0.181. The molecule has 0 aliphatic carbocycles. The molecule has 1 heterocycles. The molecule has 0 amide bonds. The van der Waals surface area contributed by atoms with Crippen molar-refractivity contribution >= 4 is 11.6 Å². The molecular weight excluding hydrogens is 357 g/mol. The van der Waals surface area contributed by atoms with Crippen molar-refractivity contribution in [3.05, 3.63) is 59.4 Å². The van der Waals surface area contributed by atoms with Crippen LogP contribution in [0.2, 0.25) is 5.02 Å². The second-order valence-electron chi connectivity index (χ2n) is 6.49. The second kappa shape index (κ2) is 9.21. The van der Waals surface area contributed by atoms with E-state index in [1.807, 2.05) is 24.3 Å². The summed E-state index contributed by atoms with van der Waals surface area (Å²) < 4.78 is 24.3. The highest BCUT2D eigenvalue weighted by Gasteiger charge is 2.22. The standard InChI is InChI=1S/C20H23ClFNO3/c21-15-1-5-19(6-2-15)26-20-9-11-23(12-10-20)13-17(24)14-25-18-7-3-16(22)4-8-18/h1-8,17,20,24H,9-14H2. The van der Waals surface area contributed by atoms with Crippen molar-refractivity contribution in [2.24, 2.45) is 0 Å². The zero-order valence-electron chi connectivity index (χ0n) is 14.5. The number of piperidine rings is 1. The van der Waals surface area contributed by atoms with Gasteiger partial charge in [0.05, 0.1) is 0 Å². The number of hydrogen-bond donors (Lipinski definition) is 1. The fraction of sp³-hybridized carbons (Fsp3) is 0.400. The summed E-state index contributed by atoms with van der Waals surface area (Å²) in [5.74, 6) is 1.09. The fourth-order valence-electron chi connectivity index (χ4n) is 2.99. The molecule has 0 spiro atoms. The van der Waals surface area contributed by atoms with Gasteiger partial charge in [0.15, 0.2) is 0 Å². The van der Waals surface area contributed by atoms with Crippen LogP contribution in [0.5, 0.6) is 11.5 Å². The average molecular weight is 380 g/mol. The van der Waals surface area contributed by atoms with E-state index in [1.165, 1.54) is 12.1 Å². The lowest BCUT2D eigenvalue weighted by Crippen LogP contribution is -2.43. The molecule has 0 saturated carbocycles. The van der Waals surface area contributed by atoms with Gasteiger partial charge in [0.2, 0.25) is 0 Å². The number of ether oxygens (including phenoxy) is 2. The van der Waals surface area contributed by atoms with Gasteiger partial charge >= 0.3 is 0 Å². The zero-order chi connectivity index (χ0) is 18.4. The number of hydrogen-bond acceptors (Lipinski definition) is 4. The first-order valence-corrected chi connectivity index (χ1v) is 9.17. The van der Waals surface area contributed by atoms with Crippen LogP contribution in [0.15, 0.2) is 48.5 Å². The average Bonchev–Trinajstić information content (AvgIpc) is 2.65. The molecule has 0 bridgehead atoms. The zero-order valence-corrected chi connectivity index (χ0v) is 15.2. The van der Waals surface area contributed by atoms with E-state index in [2.05, 4.69) is 4.90 Å². The van der Waals surface area contributed by atoms with E-state index in [0.29, 0.717) is 17.3 Å². The van der Waals surface area contributed by atoms with Crippen LogP contribution in [0.25, 0.3) is 0 Å². The molecule has 6 heteroatoms. The molecule has 1 aliphatic heterocycles. The summed E-state index contributed by atoms with van der Waals surface area (Å²) in [4.78, 5) is 2.21. The van der Waals surface area contributed by atoms with Crippen molar-refractivity contribution in [1.82, 2.24) is 4.90 Å². The third kappa shape index (κ3) is 5.87. The summed E-state index contributed by atoms with van der Waals surface area (Å²) in [7, 11) is 0. The molecule has 3 rings (SSSR count). The third-order valence-corrected chi connectivity index (χ3v) is 4.63. The Kier molecular flexibility index (Phi) is 6.72. The summed E-state index contributed by atoms with van der Waals surface area (Å²) in [5.41, 5.74) is 0. The van der Waals surface area contributed by atoms with E-state index < -0.39 is 6.10 Å². The Morgan fingerprint density at radius 1 is 1.04 bits per heavy atom. The maximum atomic E-state index is 12.9. The van der Waals surface area contributed by atoms with Gasteiger partial charge in [0.25, 0.3) is 0 Å². The molecule has 4 nitrogen and oxygen atoms in total. The van der Waals surface area contributed by atoms with Gasteiger partial charge in [-0.1, -0.05) is 11.6 Å². The van der Waals surface area contributed by atoms with Crippen LogP contribution in [-0.2, 0) is 0 Å². The van der Waals surface area contributed by atoms with Gasteiger partial charge in [-0.25, -0.2) is 4.39 Å². The molecule has 0 radical (unpaired) electrons. The monoisotopic (exact) mass is 379 g/mol. The van der Waals surface area contributed by atoms with Crippen LogP contribution < -0.4 is 9.47 Å². The van der Waals surface area contributed by atoms with Crippen LogP contribution >= 0.6 is 11.6 Å². The smallest absolute Gasteiger partial charge is 0.123 e. The highest BCUT2D eigenvalue weighted by molar-refractivity contribution is 6.30. The summed E-state index contributed by atoms with van der Waals surface area (Å²) in [6, 6.07) is 13.2.